The molecule has 133 valence electrons. The topological polar surface area (TPSA) is 0 Å². The lowest BCUT2D eigenvalue weighted by molar-refractivity contribution is -0.00480. The summed E-state index contributed by atoms with van der Waals surface area (Å²) >= 11 is 0. The van der Waals surface area contributed by atoms with Crippen molar-refractivity contribution in [2.75, 3.05) is 0 Å². The van der Waals surface area contributed by atoms with E-state index < -0.39 is 0 Å². The molecule has 5 atom stereocenters. The zero-order valence-corrected chi connectivity index (χ0v) is 17.5. The predicted octanol–water partition coefficient (Wildman–Crippen LogP) is 7.23. The molecule has 23 heavy (non-hydrogen) atoms. The summed E-state index contributed by atoms with van der Waals surface area (Å²) in [5.41, 5.74) is 0.913. The molecule has 0 amide bonds. The van der Waals surface area contributed by atoms with Crippen LogP contribution in [0.2, 0.25) is 11.1 Å². The van der Waals surface area contributed by atoms with Crippen molar-refractivity contribution in [3.8, 4) is 0 Å². The van der Waals surface area contributed by atoms with Crippen LogP contribution >= 0.6 is 0 Å². The molecule has 0 nitrogen and oxygen atoms in total. The lowest BCUT2D eigenvalue weighted by Gasteiger charge is -2.54. The van der Waals surface area contributed by atoms with Gasteiger partial charge in [0.15, 0.2) is 0 Å². The van der Waals surface area contributed by atoms with Crippen molar-refractivity contribution >= 4 is 7.28 Å². The number of rotatable bonds is 1. The minimum Gasteiger partial charge on any atom is -0.0674 e. The van der Waals surface area contributed by atoms with Crippen LogP contribution < -0.4 is 0 Å². The van der Waals surface area contributed by atoms with E-state index in [2.05, 4.69) is 69.6 Å². The monoisotopic (exact) mass is 317 g/mol. The van der Waals surface area contributed by atoms with Crippen LogP contribution in [0.4, 0.5) is 0 Å². The van der Waals surface area contributed by atoms with Gasteiger partial charge in [0.25, 0.3) is 0 Å². The molecule has 0 N–H and O–H groups in total. The van der Waals surface area contributed by atoms with E-state index in [1.54, 1.807) is 0 Å². The maximum Gasteiger partial charge on any atom is 0.121 e. The van der Waals surface area contributed by atoms with E-state index in [4.69, 9.17) is 0 Å². The Labute approximate surface area is 147 Å². The summed E-state index contributed by atoms with van der Waals surface area (Å²) in [5.74, 6) is 4.55. The van der Waals surface area contributed by atoms with Crippen molar-refractivity contribution in [1.82, 2.24) is 0 Å². The van der Waals surface area contributed by atoms with Crippen molar-refractivity contribution in [2.45, 2.75) is 106 Å². The average molecular weight is 317 g/mol. The molecule has 1 radical (unpaired) electrons. The fraction of sp³-hybridized carbons (Fsp3) is 1.00. The molecule has 0 aromatic heterocycles. The Morgan fingerprint density at radius 2 is 1.26 bits per heavy atom. The highest BCUT2D eigenvalue weighted by atomic mass is 14.5. The highest BCUT2D eigenvalue weighted by Crippen LogP contribution is 2.58. The van der Waals surface area contributed by atoms with Crippen LogP contribution in [0, 0.1) is 34.5 Å². The molecule has 0 heterocycles. The minimum atomic E-state index is 0.340. The Kier molecular flexibility index (Phi) is 5.41. The maximum atomic E-state index is 2.72. The molecule has 2 rings (SSSR count). The normalized spacial score (nSPS) is 36.5. The zero-order chi connectivity index (χ0) is 17.6. The molecular weight excluding hydrogens is 275 g/mol. The minimum absolute atomic E-state index is 0.340. The van der Waals surface area contributed by atoms with Crippen LogP contribution in [0.3, 0.4) is 0 Å². The Bertz CT molecular complexity index is 390. The number of hydrogen-bond donors (Lipinski definition) is 0. The first-order valence-electron chi connectivity index (χ1n) is 10.1. The fourth-order valence-electron chi connectivity index (χ4n) is 5.88. The van der Waals surface area contributed by atoms with Crippen LogP contribution in [-0.2, 0) is 0 Å². The molecule has 0 aliphatic heterocycles. The Hall–Kier alpha value is 0.0649. The van der Waals surface area contributed by atoms with Gasteiger partial charge in [-0.05, 0) is 47.3 Å². The van der Waals surface area contributed by atoms with Gasteiger partial charge in [-0.15, -0.1) is 0 Å². The lowest BCUT2D eigenvalue weighted by Crippen LogP contribution is -2.45. The van der Waals surface area contributed by atoms with E-state index in [9.17, 15) is 0 Å². The zero-order valence-electron chi connectivity index (χ0n) is 17.5. The van der Waals surface area contributed by atoms with Gasteiger partial charge < -0.3 is 0 Å². The van der Waals surface area contributed by atoms with Crippen LogP contribution in [0.15, 0.2) is 0 Å². The van der Waals surface area contributed by atoms with Crippen molar-refractivity contribution in [1.29, 1.82) is 0 Å². The van der Waals surface area contributed by atoms with Crippen LogP contribution in [0.1, 0.15) is 94.4 Å². The van der Waals surface area contributed by atoms with Gasteiger partial charge in [-0.2, -0.15) is 0 Å². The second-order valence-corrected chi connectivity index (χ2v) is 12.0. The van der Waals surface area contributed by atoms with Crippen molar-refractivity contribution in [3.05, 3.63) is 0 Å². The standard InChI is InChI=1S/C22H42B/c1-20(2,3)17-12-10-11-15-13-18(21(4,5)6)19(14-16(15)17)23-22(7,8)9/h15-19H,10-14H2,1-9H3. The molecule has 5 unspecified atom stereocenters. The second-order valence-electron chi connectivity index (χ2n) is 12.0. The molecule has 2 aliphatic rings. The molecular formula is C22H42B. The summed E-state index contributed by atoms with van der Waals surface area (Å²) in [7, 11) is 2.72. The Morgan fingerprint density at radius 1 is 0.696 bits per heavy atom. The maximum absolute atomic E-state index is 2.72. The summed E-state index contributed by atoms with van der Waals surface area (Å²) < 4.78 is 0. The van der Waals surface area contributed by atoms with E-state index in [-0.39, 0.29) is 0 Å². The molecule has 2 saturated carbocycles. The van der Waals surface area contributed by atoms with Gasteiger partial charge in [0.2, 0.25) is 0 Å². The van der Waals surface area contributed by atoms with E-state index in [0.717, 1.165) is 29.5 Å². The molecule has 0 spiro atoms. The molecule has 2 aliphatic carbocycles. The van der Waals surface area contributed by atoms with Crippen molar-refractivity contribution in [2.24, 2.45) is 34.5 Å². The second kappa shape index (κ2) is 6.42. The third-order valence-corrected chi connectivity index (χ3v) is 6.77. The first-order chi connectivity index (χ1) is 10.3. The van der Waals surface area contributed by atoms with Gasteiger partial charge in [0.05, 0.1) is 0 Å². The Balaban J connectivity index is 2.25. The SMILES string of the molecule is CC(C)(C)[B]C1CC2C(CCCC2C(C)(C)C)CC1C(C)(C)C. The lowest BCUT2D eigenvalue weighted by atomic mass is 9.38. The molecule has 2 fully saturated rings. The third kappa shape index (κ3) is 4.79. The highest BCUT2D eigenvalue weighted by Gasteiger charge is 2.48. The van der Waals surface area contributed by atoms with E-state index >= 15 is 0 Å². The summed E-state index contributed by atoms with van der Waals surface area (Å²) in [6.45, 7) is 22.1. The van der Waals surface area contributed by atoms with Crippen molar-refractivity contribution in [3.63, 3.8) is 0 Å². The van der Waals surface area contributed by atoms with Gasteiger partial charge in [-0.1, -0.05) is 92.7 Å². The van der Waals surface area contributed by atoms with E-state index in [1.165, 1.54) is 32.1 Å². The fourth-order valence-corrected chi connectivity index (χ4v) is 5.88. The van der Waals surface area contributed by atoms with Gasteiger partial charge in [0, 0.05) is 0 Å². The van der Waals surface area contributed by atoms with Gasteiger partial charge in [-0.3, -0.25) is 0 Å². The quantitative estimate of drug-likeness (QED) is 0.447. The third-order valence-electron chi connectivity index (χ3n) is 6.77. The van der Waals surface area contributed by atoms with Crippen LogP contribution in [0.5, 0.6) is 0 Å². The summed E-state index contributed by atoms with van der Waals surface area (Å²) in [6, 6.07) is 0. The average Bonchev–Trinajstić information content (AvgIpc) is 2.32. The van der Waals surface area contributed by atoms with Crippen LogP contribution in [0.25, 0.3) is 0 Å². The Morgan fingerprint density at radius 3 is 1.74 bits per heavy atom. The number of hydrogen-bond acceptors (Lipinski definition) is 0. The van der Waals surface area contributed by atoms with Crippen molar-refractivity contribution < 1.29 is 0 Å². The number of fused-ring (bicyclic) bond motifs is 1. The largest absolute Gasteiger partial charge is 0.121 e. The highest BCUT2D eigenvalue weighted by molar-refractivity contribution is 6.41. The summed E-state index contributed by atoms with van der Waals surface area (Å²) in [6.07, 6.45) is 7.34. The molecule has 0 bridgehead atoms. The van der Waals surface area contributed by atoms with Gasteiger partial charge in [0.1, 0.15) is 7.28 Å². The summed E-state index contributed by atoms with van der Waals surface area (Å²) in [5, 5.41) is 0.340. The van der Waals surface area contributed by atoms with Gasteiger partial charge in [-0.25, -0.2) is 0 Å². The molecule has 1 heteroatoms. The molecule has 0 aromatic rings. The summed E-state index contributed by atoms with van der Waals surface area (Å²) in [4.78, 5) is 0. The van der Waals surface area contributed by atoms with Gasteiger partial charge >= 0.3 is 0 Å². The van der Waals surface area contributed by atoms with E-state index in [0.29, 0.717) is 16.1 Å². The smallest absolute Gasteiger partial charge is 0.0674 e. The molecule has 0 saturated heterocycles. The van der Waals surface area contributed by atoms with E-state index in [1.807, 2.05) is 0 Å². The predicted molar refractivity (Wildman–Crippen MR) is 105 cm³/mol. The van der Waals surface area contributed by atoms with Crippen LogP contribution in [-0.4, -0.2) is 7.28 Å². The first-order valence-corrected chi connectivity index (χ1v) is 10.1. The first kappa shape index (κ1) is 19.4. The molecule has 0 aromatic carbocycles.